The number of aliphatic hydroxyl groups excluding tert-OH is 3. The Bertz CT molecular complexity index is 401. The molecule has 1 rings (SSSR count). The lowest BCUT2D eigenvalue weighted by Crippen LogP contribution is -2.42. The molecule has 0 unspecified atom stereocenters. The number of hydrogen-bond donors (Lipinski definition) is 3. The van der Waals surface area contributed by atoms with E-state index in [0.717, 1.165) is 19.3 Å². The Morgan fingerprint density at radius 2 is 1.40 bits per heavy atom. The maximum absolute atomic E-state index is 9.90. The monoisotopic (exact) mass is 428 g/mol. The summed E-state index contributed by atoms with van der Waals surface area (Å²) < 4.78 is 11.1. The summed E-state index contributed by atoms with van der Waals surface area (Å²) in [6.45, 7) is 2.53. The molecule has 1 aliphatic heterocycles. The minimum absolute atomic E-state index is 0.156. The smallest absolute Gasteiger partial charge is 0.114 e. The minimum Gasteiger partial charge on any atom is -0.394 e. The third-order valence-electron chi connectivity index (χ3n) is 5.96. The molecular formula is C25H48O5. The summed E-state index contributed by atoms with van der Waals surface area (Å²) in [5, 5.41) is 28.7. The van der Waals surface area contributed by atoms with Crippen LogP contribution in [0.2, 0.25) is 0 Å². The number of allylic oxidation sites excluding steroid dienone is 2. The van der Waals surface area contributed by atoms with Crippen LogP contribution in [0.15, 0.2) is 12.2 Å². The molecule has 1 fully saturated rings. The summed E-state index contributed by atoms with van der Waals surface area (Å²) in [6.07, 6.45) is 21.1. The molecule has 0 aromatic heterocycles. The summed E-state index contributed by atoms with van der Waals surface area (Å²) >= 11 is 0. The highest BCUT2D eigenvalue weighted by molar-refractivity contribution is 4.89. The van der Waals surface area contributed by atoms with Gasteiger partial charge in [0, 0.05) is 6.61 Å². The predicted molar refractivity (Wildman–Crippen MR) is 123 cm³/mol. The summed E-state index contributed by atoms with van der Waals surface area (Å²) in [6, 6.07) is 0. The molecule has 1 saturated heterocycles. The zero-order valence-corrected chi connectivity index (χ0v) is 19.4. The van der Waals surface area contributed by atoms with Crippen LogP contribution in [0.4, 0.5) is 0 Å². The molecule has 0 aromatic rings. The highest BCUT2D eigenvalue weighted by atomic mass is 16.6. The average molecular weight is 429 g/mol. The highest BCUT2D eigenvalue weighted by Crippen LogP contribution is 2.21. The van der Waals surface area contributed by atoms with Gasteiger partial charge in [0.1, 0.15) is 24.4 Å². The fourth-order valence-corrected chi connectivity index (χ4v) is 4.07. The van der Waals surface area contributed by atoms with E-state index in [1.807, 2.05) is 0 Å². The Morgan fingerprint density at radius 3 is 1.93 bits per heavy atom. The number of aliphatic hydroxyl groups is 3. The van der Waals surface area contributed by atoms with Crippen LogP contribution >= 0.6 is 0 Å². The average Bonchev–Trinajstić information content (AvgIpc) is 3.12. The van der Waals surface area contributed by atoms with Crippen LogP contribution in [-0.4, -0.2) is 59.6 Å². The SMILES string of the molecule is CC/C=C/CCCCCCCCCCCCCCCO[C@H]1[C@@H]([C@H](O)CO)OC[C@@H]1O. The lowest BCUT2D eigenvalue weighted by Gasteiger charge is -2.23. The van der Waals surface area contributed by atoms with Gasteiger partial charge in [0.25, 0.3) is 0 Å². The number of ether oxygens (including phenoxy) is 2. The van der Waals surface area contributed by atoms with Gasteiger partial charge in [0.05, 0.1) is 13.2 Å². The quantitative estimate of drug-likeness (QED) is 0.190. The Hall–Kier alpha value is -0.460. The van der Waals surface area contributed by atoms with Gasteiger partial charge in [0.2, 0.25) is 0 Å². The van der Waals surface area contributed by atoms with Crippen molar-refractivity contribution in [1.29, 1.82) is 0 Å². The summed E-state index contributed by atoms with van der Waals surface area (Å²) in [5.41, 5.74) is 0. The molecule has 1 aliphatic rings. The van der Waals surface area contributed by atoms with Crippen LogP contribution in [0.5, 0.6) is 0 Å². The number of hydrogen-bond acceptors (Lipinski definition) is 5. The standard InChI is InChI=1S/C25H48O5/c1-2-3-4-5-6-7-8-9-10-11-12-13-14-15-16-17-18-19-29-25-23(28)21-30-24(25)22(27)20-26/h3-4,22-28H,2,5-21H2,1H3/b4-3+/t22-,23+,24-,25-/m1/s1. The van der Waals surface area contributed by atoms with Crippen molar-refractivity contribution in [2.75, 3.05) is 19.8 Å². The first kappa shape index (κ1) is 27.6. The fraction of sp³-hybridized carbons (Fsp3) is 0.920. The van der Waals surface area contributed by atoms with Crippen LogP contribution in [0.25, 0.3) is 0 Å². The summed E-state index contributed by atoms with van der Waals surface area (Å²) in [4.78, 5) is 0. The second kappa shape index (κ2) is 19.2. The molecule has 0 saturated carbocycles. The van der Waals surface area contributed by atoms with Crippen molar-refractivity contribution in [2.45, 2.75) is 128 Å². The van der Waals surface area contributed by atoms with E-state index in [1.54, 1.807) is 0 Å². The van der Waals surface area contributed by atoms with Crippen LogP contribution in [0.1, 0.15) is 103 Å². The maximum Gasteiger partial charge on any atom is 0.114 e. The van der Waals surface area contributed by atoms with E-state index in [0.29, 0.717) is 6.61 Å². The highest BCUT2D eigenvalue weighted by Gasteiger charge is 2.40. The molecule has 3 N–H and O–H groups in total. The molecule has 4 atom stereocenters. The van der Waals surface area contributed by atoms with Crippen molar-refractivity contribution in [2.24, 2.45) is 0 Å². The van der Waals surface area contributed by atoms with Gasteiger partial charge in [-0.1, -0.05) is 89.7 Å². The maximum atomic E-state index is 9.90. The molecule has 0 amide bonds. The molecule has 0 radical (unpaired) electrons. The molecule has 5 nitrogen and oxygen atoms in total. The van der Waals surface area contributed by atoms with E-state index in [4.69, 9.17) is 14.6 Å². The lowest BCUT2D eigenvalue weighted by atomic mass is 10.0. The zero-order chi connectivity index (χ0) is 21.9. The molecule has 1 heterocycles. The van der Waals surface area contributed by atoms with E-state index in [1.165, 1.54) is 77.0 Å². The summed E-state index contributed by atoms with van der Waals surface area (Å²) in [7, 11) is 0. The third-order valence-corrected chi connectivity index (χ3v) is 5.96. The molecule has 0 aromatic carbocycles. The normalized spacial score (nSPS) is 22.9. The van der Waals surface area contributed by atoms with Crippen molar-refractivity contribution in [3.8, 4) is 0 Å². The minimum atomic E-state index is -1.000. The third kappa shape index (κ3) is 13.1. The van der Waals surface area contributed by atoms with E-state index >= 15 is 0 Å². The molecule has 178 valence electrons. The molecule has 5 heteroatoms. The first-order chi connectivity index (χ1) is 14.7. The van der Waals surface area contributed by atoms with Gasteiger partial charge >= 0.3 is 0 Å². The Morgan fingerprint density at radius 1 is 0.867 bits per heavy atom. The van der Waals surface area contributed by atoms with Crippen LogP contribution in [0.3, 0.4) is 0 Å². The van der Waals surface area contributed by atoms with Crippen LogP contribution < -0.4 is 0 Å². The van der Waals surface area contributed by atoms with Crippen molar-refractivity contribution in [3.63, 3.8) is 0 Å². The van der Waals surface area contributed by atoms with Gasteiger partial charge < -0.3 is 24.8 Å². The largest absolute Gasteiger partial charge is 0.394 e. The first-order valence-electron chi connectivity index (χ1n) is 12.6. The van der Waals surface area contributed by atoms with E-state index < -0.39 is 24.4 Å². The van der Waals surface area contributed by atoms with Crippen LogP contribution in [-0.2, 0) is 9.47 Å². The predicted octanol–water partition coefficient (Wildman–Crippen LogP) is 4.91. The topological polar surface area (TPSA) is 79.2 Å². The molecule has 30 heavy (non-hydrogen) atoms. The van der Waals surface area contributed by atoms with Gasteiger partial charge in [-0.15, -0.1) is 0 Å². The van der Waals surface area contributed by atoms with Crippen LogP contribution in [0, 0.1) is 0 Å². The Balaban J connectivity index is 1.82. The van der Waals surface area contributed by atoms with E-state index in [9.17, 15) is 10.2 Å². The van der Waals surface area contributed by atoms with Crippen molar-refractivity contribution >= 4 is 0 Å². The molecule has 0 spiro atoms. The van der Waals surface area contributed by atoms with Gasteiger partial charge in [-0.05, 0) is 25.7 Å². The van der Waals surface area contributed by atoms with Gasteiger partial charge in [0.15, 0.2) is 0 Å². The molecule has 0 bridgehead atoms. The summed E-state index contributed by atoms with van der Waals surface area (Å²) in [5.74, 6) is 0. The zero-order valence-electron chi connectivity index (χ0n) is 19.4. The number of unbranched alkanes of at least 4 members (excludes halogenated alkanes) is 13. The number of rotatable bonds is 20. The lowest BCUT2D eigenvalue weighted by molar-refractivity contribution is -0.0938. The van der Waals surface area contributed by atoms with Gasteiger partial charge in [-0.2, -0.15) is 0 Å². The van der Waals surface area contributed by atoms with Gasteiger partial charge in [-0.25, -0.2) is 0 Å². The Labute approximate surface area is 184 Å². The van der Waals surface area contributed by atoms with E-state index in [2.05, 4.69) is 19.1 Å². The Kier molecular flexibility index (Phi) is 17.7. The second-order valence-corrected chi connectivity index (χ2v) is 8.72. The second-order valence-electron chi connectivity index (χ2n) is 8.72. The molecule has 0 aliphatic carbocycles. The van der Waals surface area contributed by atoms with Crippen molar-refractivity contribution in [3.05, 3.63) is 12.2 Å². The van der Waals surface area contributed by atoms with Crippen molar-refractivity contribution < 1.29 is 24.8 Å². The molecular weight excluding hydrogens is 380 g/mol. The van der Waals surface area contributed by atoms with Crippen molar-refractivity contribution in [1.82, 2.24) is 0 Å². The first-order valence-corrected chi connectivity index (χ1v) is 12.6. The van der Waals surface area contributed by atoms with E-state index in [-0.39, 0.29) is 13.2 Å². The van der Waals surface area contributed by atoms with Gasteiger partial charge in [-0.3, -0.25) is 0 Å². The fourth-order valence-electron chi connectivity index (χ4n) is 4.07.